The van der Waals surface area contributed by atoms with Crippen LogP contribution in [0.4, 0.5) is 0 Å². The summed E-state index contributed by atoms with van der Waals surface area (Å²) < 4.78 is 33.1. The zero-order chi connectivity index (χ0) is 63.9. The highest BCUT2D eigenvalue weighted by atomic mass is 31.2. The monoisotopic (exact) mass is 1220 g/mol. The van der Waals surface area contributed by atoms with Crippen molar-refractivity contribution in [1.82, 2.24) is 10.6 Å². The molecule has 1 unspecified atom stereocenters. The van der Waals surface area contributed by atoms with Crippen molar-refractivity contribution in [3.05, 3.63) is 83.1 Å². The van der Waals surface area contributed by atoms with Crippen molar-refractivity contribution in [3.63, 3.8) is 0 Å². The van der Waals surface area contributed by atoms with E-state index in [4.69, 9.17) is 18.5 Å². The first-order chi connectivity index (χ1) is 41.2. The fourth-order valence-electron chi connectivity index (χ4n) is 9.71. The van der Waals surface area contributed by atoms with Gasteiger partial charge in [-0.25, -0.2) is 4.57 Å². The van der Waals surface area contributed by atoms with Crippen LogP contribution in [0.2, 0.25) is 0 Å². The van der Waals surface area contributed by atoms with E-state index in [1.165, 1.54) is 133 Å². The second-order valence-electron chi connectivity index (χ2n) is 24.1. The Labute approximate surface area is 522 Å². The van der Waals surface area contributed by atoms with E-state index in [1.807, 2.05) is 25.2 Å². The van der Waals surface area contributed by atoms with E-state index < -0.39 is 26.5 Å². The maximum Gasteiger partial charge on any atom is 0.472 e. The second-order valence-corrected chi connectivity index (χ2v) is 25.5. The Morgan fingerprint density at radius 1 is 0.628 bits per heavy atom. The molecular formula is C71H121N2O12P. The van der Waals surface area contributed by atoms with Gasteiger partial charge in [0.25, 0.3) is 0 Å². The number of allylic oxidation sites excluding steroid dienone is 14. The normalized spacial score (nSPS) is 14.9. The largest absolute Gasteiger partial charge is 0.472 e. The molecule has 0 aromatic carbocycles. The third kappa shape index (κ3) is 51.7. The molecule has 0 saturated heterocycles. The molecule has 0 spiro atoms. The molecule has 1 rings (SSSR count). The molecule has 1 amide bonds. The van der Waals surface area contributed by atoms with Gasteiger partial charge in [-0.05, 0) is 141 Å². The number of hydrogen-bond acceptors (Lipinski definition) is 12. The molecule has 0 fully saturated rings. The minimum Gasteiger partial charge on any atom is -0.462 e. The van der Waals surface area contributed by atoms with E-state index in [2.05, 4.69) is 88.6 Å². The summed E-state index contributed by atoms with van der Waals surface area (Å²) in [4.78, 5) is 81.4. The quantitative estimate of drug-likeness (QED) is 0.0130. The molecule has 2 atom stereocenters. The number of ether oxygens (including phenoxy) is 2. The lowest BCUT2D eigenvalue weighted by Crippen LogP contribution is -2.29. The zero-order valence-corrected chi connectivity index (χ0v) is 56.4. The molecule has 0 saturated carbocycles. The summed E-state index contributed by atoms with van der Waals surface area (Å²) in [5, 5.41) is 5.32. The van der Waals surface area contributed by atoms with Crippen molar-refractivity contribution in [2.24, 2.45) is 5.41 Å². The Hall–Kier alpha value is -4.33. The predicted octanol–water partition coefficient (Wildman–Crippen LogP) is 17.8. The molecule has 0 aromatic rings. The summed E-state index contributed by atoms with van der Waals surface area (Å²) in [7, 11) is -2.65. The summed E-state index contributed by atoms with van der Waals surface area (Å²) >= 11 is 0. The van der Waals surface area contributed by atoms with E-state index in [0.29, 0.717) is 13.0 Å². The summed E-state index contributed by atoms with van der Waals surface area (Å²) in [6.45, 7) is 16.3. The van der Waals surface area contributed by atoms with E-state index >= 15 is 0 Å². The molecular weight excluding hydrogens is 1100 g/mol. The van der Waals surface area contributed by atoms with Crippen molar-refractivity contribution in [2.45, 2.75) is 286 Å². The van der Waals surface area contributed by atoms with Crippen LogP contribution in [0.1, 0.15) is 280 Å². The molecule has 1 aliphatic carbocycles. The number of nitrogens with one attached hydrogen (secondary N) is 2. The minimum atomic E-state index is -4.35. The van der Waals surface area contributed by atoms with Gasteiger partial charge in [0.2, 0.25) is 5.91 Å². The van der Waals surface area contributed by atoms with Crippen LogP contribution >= 0.6 is 7.82 Å². The fraction of sp³-hybridized carbons (Fsp3) is 0.718. The maximum absolute atomic E-state index is 12.6. The average molecular weight is 1230 g/mol. The van der Waals surface area contributed by atoms with Crippen LogP contribution in [0.5, 0.6) is 0 Å². The Kier molecular flexibility index (Phi) is 52.0. The van der Waals surface area contributed by atoms with Gasteiger partial charge >= 0.3 is 19.8 Å². The van der Waals surface area contributed by atoms with Gasteiger partial charge in [-0.15, -0.1) is 0 Å². The first-order valence-electron chi connectivity index (χ1n) is 33.4. The topological polar surface area (TPSA) is 201 Å². The van der Waals surface area contributed by atoms with Crippen LogP contribution in [0, 0.1) is 5.41 Å². The highest BCUT2D eigenvalue weighted by Gasteiger charge is 2.27. The van der Waals surface area contributed by atoms with Crippen molar-refractivity contribution >= 4 is 43.0 Å². The van der Waals surface area contributed by atoms with Gasteiger partial charge < -0.3 is 29.8 Å². The molecule has 14 nitrogen and oxygen atoms in total. The summed E-state index contributed by atoms with van der Waals surface area (Å²) in [5.74, 6) is -1.55. The predicted molar refractivity (Wildman–Crippen MR) is 354 cm³/mol. The number of phosphoric acid groups is 1. The Bertz CT molecular complexity index is 2140. The molecule has 3 N–H and O–H groups in total. The van der Waals surface area contributed by atoms with Gasteiger partial charge in [0, 0.05) is 45.1 Å². The van der Waals surface area contributed by atoms with Crippen molar-refractivity contribution < 1.29 is 56.7 Å². The Morgan fingerprint density at radius 2 is 1.15 bits per heavy atom. The summed E-state index contributed by atoms with van der Waals surface area (Å²) in [6.07, 6.45) is 55.1. The van der Waals surface area contributed by atoms with Crippen LogP contribution in [0.15, 0.2) is 83.1 Å². The molecule has 86 heavy (non-hydrogen) atoms. The zero-order valence-electron chi connectivity index (χ0n) is 55.5. The minimum absolute atomic E-state index is 0.0187. The average Bonchev–Trinajstić information content (AvgIpc) is 3.20. The number of amides is 1. The van der Waals surface area contributed by atoms with Gasteiger partial charge in [0.05, 0.1) is 19.8 Å². The van der Waals surface area contributed by atoms with E-state index in [9.17, 15) is 38.2 Å². The highest BCUT2D eigenvalue weighted by molar-refractivity contribution is 7.47. The number of Topliss-reactive ketones (excluding diaryl/α,β-unsaturated/α-hetero) is 2. The molecule has 0 aromatic heterocycles. The number of rotatable bonds is 53. The number of likely N-dealkylation sites (N-methyl/N-ethyl adjacent to an activating group) is 1. The molecule has 0 heterocycles. The van der Waals surface area contributed by atoms with Gasteiger partial charge in [-0.2, -0.15) is 0 Å². The SMILES string of the molecule is CC(=O)CCC(=O)CNC(=O)CCC(=O)/C=C(C)/C=C/C=C(C)/C=C/C1=C(C)CCCC1(C)C.CCCCCCCC/C=C\CCCCCCCC(=O)OC[C@H](COP(=O)(O)OCCNC)OC(=O)CCCCCCC/C=C\CCCCCCCC. The van der Waals surface area contributed by atoms with E-state index in [0.717, 1.165) is 81.8 Å². The number of hydrogen-bond donors (Lipinski definition) is 3. The first kappa shape index (κ1) is 81.7. The number of phosphoric ester groups is 1. The van der Waals surface area contributed by atoms with Crippen LogP contribution in [0.25, 0.3) is 0 Å². The summed E-state index contributed by atoms with van der Waals surface area (Å²) in [6, 6.07) is 0. The van der Waals surface area contributed by atoms with Crippen molar-refractivity contribution in [1.29, 1.82) is 0 Å². The molecule has 1 aliphatic rings. The second kappa shape index (κ2) is 54.8. The lowest BCUT2D eigenvalue weighted by molar-refractivity contribution is -0.161. The highest BCUT2D eigenvalue weighted by Crippen LogP contribution is 2.43. The van der Waals surface area contributed by atoms with Gasteiger partial charge in [-0.3, -0.25) is 33.0 Å². The van der Waals surface area contributed by atoms with Gasteiger partial charge in [-0.1, -0.05) is 196 Å². The third-order valence-corrected chi connectivity index (χ3v) is 16.0. The van der Waals surface area contributed by atoms with E-state index in [1.54, 1.807) is 7.05 Å². The first-order valence-corrected chi connectivity index (χ1v) is 34.9. The molecule has 15 heteroatoms. The van der Waals surface area contributed by atoms with Crippen LogP contribution in [0.3, 0.4) is 0 Å². The lowest BCUT2D eigenvalue weighted by Gasteiger charge is -2.32. The fourth-order valence-corrected chi connectivity index (χ4v) is 10.5. The molecule has 0 aliphatic heterocycles. The molecule has 492 valence electrons. The molecule has 0 radical (unpaired) electrons. The molecule has 0 bridgehead atoms. The van der Waals surface area contributed by atoms with Crippen LogP contribution in [-0.4, -0.2) is 86.2 Å². The Balaban J connectivity index is 0.00000183. The number of ketones is 3. The third-order valence-electron chi connectivity index (χ3n) is 15.0. The van der Waals surface area contributed by atoms with Crippen molar-refractivity contribution in [2.75, 3.05) is 40.0 Å². The summed E-state index contributed by atoms with van der Waals surface area (Å²) in [5.41, 5.74) is 5.07. The van der Waals surface area contributed by atoms with Crippen LogP contribution < -0.4 is 10.6 Å². The number of esters is 2. The lowest BCUT2D eigenvalue weighted by atomic mass is 9.72. The standard InChI is InChI=1S/C42H80NO8P.C29H41NO4/c1-4-6-8-10-12-14-16-18-20-22-24-26-28-30-32-34-41(44)48-38-40(39-50-52(46,47)49-37-36-43-3)51-42(45)35-33-31-29-27-25-23-21-19-17-15-13-11-9-7-5-2;1-21(12-16-27-23(3)11-8-18-29(27,5)6)9-7-10-22(2)19-25(32)15-17-28(34)30-20-26(33)14-13-24(4)31/h18-21,40,43H,4-17,22-39H2,1-3H3,(H,46,47);7,9-10,12,16,19H,8,11,13-15,17-18,20H2,1-6H3,(H,30,34)/b20-18-,21-19-;10-7+,16-12+,21-9+,22-19+/t40-;/m1./s1. The number of unbranched alkanes of at least 4 members (excludes halogenated alkanes) is 22. The van der Waals surface area contributed by atoms with E-state index in [-0.39, 0.29) is 92.9 Å². The van der Waals surface area contributed by atoms with Gasteiger partial charge in [0.1, 0.15) is 12.4 Å². The van der Waals surface area contributed by atoms with Crippen molar-refractivity contribution in [3.8, 4) is 0 Å². The smallest absolute Gasteiger partial charge is 0.462 e. The number of carbonyl (C=O) groups excluding carboxylic acids is 6. The Morgan fingerprint density at radius 3 is 1.67 bits per heavy atom. The number of carbonyl (C=O) groups is 6. The van der Waals surface area contributed by atoms with Crippen LogP contribution in [-0.2, 0) is 51.9 Å². The van der Waals surface area contributed by atoms with Gasteiger partial charge in [0.15, 0.2) is 17.7 Å². The maximum atomic E-state index is 12.6.